The monoisotopic (exact) mass is 457 g/mol. The average Bonchev–Trinajstić information content (AvgIpc) is 2.84. The van der Waals surface area contributed by atoms with E-state index in [1.165, 1.54) is 12.3 Å². The zero-order valence-electron chi connectivity index (χ0n) is 19.1. The van der Waals surface area contributed by atoms with Gasteiger partial charge in [0.2, 0.25) is 0 Å². The molecule has 0 atom stereocenters. The number of hydrogen-bond acceptors (Lipinski definition) is 6. The summed E-state index contributed by atoms with van der Waals surface area (Å²) in [5.74, 6) is -0.354. The van der Waals surface area contributed by atoms with Crippen molar-refractivity contribution in [2.75, 3.05) is 40.4 Å². The maximum absolute atomic E-state index is 14.8. The van der Waals surface area contributed by atoms with Crippen molar-refractivity contribution < 1.29 is 13.9 Å². The number of halogens is 1. The van der Waals surface area contributed by atoms with E-state index in [2.05, 4.69) is 20.6 Å². The summed E-state index contributed by atoms with van der Waals surface area (Å²) in [6.45, 7) is 2.24. The number of rotatable bonds is 6. The number of amidine groups is 1. The molecule has 6 N–H and O–H groups in total. The molecular formula is C23H32FN7O2. The molecule has 0 aromatic heterocycles. The number of nitrogens with one attached hydrogen (secondary N) is 2. The largest absolute Gasteiger partial charge is 0.404 e. The molecule has 0 aliphatic carbocycles. The Balaban J connectivity index is 1.91. The molecule has 9 nitrogen and oxygen atoms in total. The molecule has 33 heavy (non-hydrogen) atoms. The zero-order chi connectivity index (χ0) is 23.8. The lowest BCUT2D eigenvalue weighted by molar-refractivity contribution is 0.0798. The first kappa shape index (κ1) is 24.2. The second-order valence-electron chi connectivity index (χ2n) is 7.89. The molecule has 1 aromatic rings. The molecule has 0 bridgehead atoms. The molecule has 2 heterocycles. The smallest absolute Gasteiger partial charge is 0.317 e. The molecule has 1 saturated heterocycles. The Kier molecular flexibility index (Phi) is 8.42. The van der Waals surface area contributed by atoms with Crippen LogP contribution in [0.5, 0.6) is 0 Å². The van der Waals surface area contributed by atoms with Gasteiger partial charge in [0.15, 0.2) is 0 Å². The fraction of sp³-hybridized carbons (Fsp3) is 0.435. The van der Waals surface area contributed by atoms with Gasteiger partial charge in [0, 0.05) is 75.6 Å². The Morgan fingerprint density at radius 1 is 1.33 bits per heavy atom. The second-order valence-corrected chi connectivity index (χ2v) is 7.89. The number of carbonyl (C=O) groups is 1. The number of aliphatic imine (C=N–C) groups is 2. The quantitative estimate of drug-likeness (QED) is 0.383. The molecular weight excluding hydrogens is 425 g/mol. The van der Waals surface area contributed by atoms with Crippen molar-refractivity contribution in [3.8, 4) is 0 Å². The number of hydrogen-bond donors (Lipinski definition) is 4. The number of ether oxygens (including phenoxy) is 1. The maximum Gasteiger partial charge on any atom is 0.317 e. The Bertz CT molecular complexity index is 981. The SMILES string of the molecule is CN=CC(=CN)c1ccc(N=C(N)C2=C(NC3CCOCC3)CCN(C(=O)NC)C2)c(F)c1. The molecule has 0 radical (unpaired) electrons. The minimum Gasteiger partial charge on any atom is -0.404 e. The number of carbonyl (C=O) groups excluding carboxylic acids is 1. The van der Waals surface area contributed by atoms with Crippen LogP contribution in [-0.2, 0) is 4.74 Å². The summed E-state index contributed by atoms with van der Waals surface area (Å²) < 4.78 is 20.3. The minimum atomic E-state index is -0.530. The summed E-state index contributed by atoms with van der Waals surface area (Å²) in [6, 6.07) is 4.68. The predicted octanol–water partition coefficient (Wildman–Crippen LogP) is 1.88. The van der Waals surface area contributed by atoms with E-state index >= 15 is 0 Å². The Morgan fingerprint density at radius 2 is 2.09 bits per heavy atom. The summed E-state index contributed by atoms with van der Waals surface area (Å²) in [5, 5.41) is 6.21. The van der Waals surface area contributed by atoms with Crippen LogP contribution in [0.25, 0.3) is 5.57 Å². The van der Waals surface area contributed by atoms with E-state index in [4.69, 9.17) is 16.2 Å². The number of nitrogens with zero attached hydrogens (tertiary/aromatic N) is 3. The first-order chi connectivity index (χ1) is 16.0. The molecule has 10 heteroatoms. The van der Waals surface area contributed by atoms with Crippen molar-refractivity contribution in [2.45, 2.75) is 25.3 Å². The Hall–Kier alpha value is -3.40. The fourth-order valence-electron chi connectivity index (χ4n) is 3.90. The van der Waals surface area contributed by atoms with Gasteiger partial charge in [0.05, 0.1) is 6.54 Å². The Morgan fingerprint density at radius 3 is 2.73 bits per heavy atom. The fourth-order valence-corrected chi connectivity index (χ4v) is 3.90. The predicted molar refractivity (Wildman–Crippen MR) is 129 cm³/mol. The van der Waals surface area contributed by atoms with E-state index in [-0.39, 0.29) is 30.1 Å². The van der Waals surface area contributed by atoms with Crippen molar-refractivity contribution in [3.63, 3.8) is 0 Å². The summed E-state index contributed by atoms with van der Waals surface area (Å²) in [4.78, 5) is 22.2. The lowest BCUT2D eigenvalue weighted by Gasteiger charge is -2.33. The number of benzene rings is 1. The van der Waals surface area contributed by atoms with Crippen molar-refractivity contribution in [1.82, 2.24) is 15.5 Å². The molecule has 0 unspecified atom stereocenters. The second kappa shape index (κ2) is 11.5. The number of allylic oxidation sites excluding steroid dienone is 1. The van der Waals surface area contributed by atoms with Crippen molar-refractivity contribution in [2.24, 2.45) is 21.5 Å². The van der Waals surface area contributed by atoms with Crippen LogP contribution in [0.15, 0.2) is 45.7 Å². The van der Waals surface area contributed by atoms with Gasteiger partial charge in [-0.05, 0) is 30.5 Å². The average molecular weight is 458 g/mol. The van der Waals surface area contributed by atoms with E-state index in [0.29, 0.717) is 42.9 Å². The van der Waals surface area contributed by atoms with E-state index in [1.807, 2.05) is 0 Å². The van der Waals surface area contributed by atoms with Gasteiger partial charge in [-0.3, -0.25) is 4.99 Å². The molecule has 2 aliphatic heterocycles. The summed E-state index contributed by atoms with van der Waals surface area (Å²) >= 11 is 0. The van der Waals surface area contributed by atoms with Crippen LogP contribution >= 0.6 is 0 Å². The highest BCUT2D eigenvalue weighted by Gasteiger charge is 2.26. The molecule has 2 amide bonds. The first-order valence-corrected chi connectivity index (χ1v) is 11.0. The van der Waals surface area contributed by atoms with Crippen LogP contribution in [0.1, 0.15) is 24.8 Å². The van der Waals surface area contributed by atoms with E-state index in [9.17, 15) is 9.18 Å². The van der Waals surface area contributed by atoms with Crippen molar-refractivity contribution in [3.05, 3.63) is 47.0 Å². The van der Waals surface area contributed by atoms with Gasteiger partial charge in [0.1, 0.15) is 17.3 Å². The van der Waals surface area contributed by atoms with Gasteiger partial charge in [-0.2, -0.15) is 0 Å². The molecule has 3 rings (SSSR count). The third kappa shape index (κ3) is 6.10. The highest BCUT2D eigenvalue weighted by molar-refractivity contribution is 6.09. The molecule has 2 aliphatic rings. The number of amides is 2. The number of urea groups is 1. The van der Waals surface area contributed by atoms with Crippen LogP contribution in [0.2, 0.25) is 0 Å². The molecule has 0 spiro atoms. The topological polar surface area (TPSA) is 130 Å². The van der Waals surface area contributed by atoms with E-state index < -0.39 is 5.82 Å². The highest BCUT2D eigenvalue weighted by Crippen LogP contribution is 2.25. The third-order valence-corrected chi connectivity index (χ3v) is 5.72. The van der Waals surface area contributed by atoms with Gasteiger partial charge in [-0.1, -0.05) is 6.07 Å². The van der Waals surface area contributed by atoms with Crippen molar-refractivity contribution in [1.29, 1.82) is 0 Å². The summed E-state index contributed by atoms with van der Waals surface area (Å²) in [7, 11) is 3.20. The van der Waals surface area contributed by atoms with Gasteiger partial charge in [-0.15, -0.1) is 0 Å². The van der Waals surface area contributed by atoms with Crippen LogP contribution < -0.4 is 22.1 Å². The number of nitrogens with two attached hydrogens (primary N) is 2. The summed E-state index contributed by atoms with van der Waals surface area (Å²) in [5.41, 5.74) is 14.9. The van der Waals surface area contributed by atoms with Crippen LogP contribution in [0.4, 0.5) is 14.9 Å². The summed E-state index contributed by atoms with van der Waals surface area (Å²) in [6.07, 6.45) is 5.31. The zero-order valence-corrected chi connectivity index (χ0v) is 19.1. The van der Waals surface area contributed by atoms with Crippen LogP contribution in [-0.4, -0.2) is 69.4 Å². The van der Waals surface area contributed by atoms with Crippen LogP contribution in [0, 0.1) is 5.82 Å². The van der Waals surface area contributed by atoms with Crippen molar-refractivity contribution >= 4 is 29.3 Å². The van der Waals surface area contributed by atoms with Crippen LogP contribution in [0.3, 0.4) is 0 Å². The third-order valence-electron chi connectivity index (χ3n) is 5.72. The lowest BCUT2D eigenvalue weighted by atomic mass is 10.0. The lowest BCUT2D eigenvalue weighted by Crippen LogP contribution is -2.47. The van der Waals surface area contributed by atoms with E-state index in [0.717, 1.165) is 18.5 Å². The molecule has 0 saturated carbocycles. The van der Waals surface area contributed by atoms with Gasteiger partial charge < -0.3 is 31.7 Å². The minimum absolute atomic E-state index is 0.107. The van der Waals surface area contributed by atoms with Gasteiger partial charge in [0.25, 0.3) is 0 Å². The standard InChI is InChI=1S/C23H32FN7O2/c1-27-13-16(12-25)15-3-4-21(19(24)11-15)30-22(26)18-14-31(23(32)28-2)8-5-20(18)29-17-6-9-33-10-7-17/h3-4,11-13,17,29H,5-10,14,25H2,1-2H3,(H2,26,30)(H,28,32). The molecule has 1 fully saturated rings. The van der Waals surface area contributed by atoms with E-state index in [1.54, 1.807) is 37.3 Å². The van der Waals surface area contributed by atoms with Gasteiger partial charge in [-0.25, -0.2) is 14.2 Å². The van der Waals surface area contributed by atoms with Gasteiger partial charge >= 0.3 is 6.03 Å². The first-order valence-electron chi connectivity index (χ1n) is 11.0. The maximum atomic E-state index is 14.8. The molecule has 178 valence electrons. The highest BCUT2D eigenvalue weighted by atomic mass is 19.1. The molecule has 1 aromatic carbocycles. The normalized spacial score (nSPS) is 18.7. The Labute approximate surface area is 193 Å².